The first kappa shape index (κ1) is 25.8. The molecule has 2 aromatic carbocycles. The Balaban J connectivity index is 1.98. The second kappa shape index (κ2) is 11.5. The fourth-order valence-corrected chi connectivity index (χ4v) is 4.23. The van der Waals surface area contributed by atoms with Crippen molar-refractivity contribution >= 4 is 29.1 Å². The van der Waals surface area contributed by atoms with Gasteiger partial charge in [-0.2, -0.15) is 4.37 Å². The van der Waals surface area contributed by atoms with Crippen molar-refractivity contribution in [2.24, 2.45) is 5.73 Å². The van der Waals surface area contributed by atoms with E-state index in [4.69, 9.17) is 29.8 Å². The first-order valence-corrected chi connectivity index (χ1v) is 11.3. The van der Waals surface area contributed by atoms with E-state index in [2.05, 4.69) is 9.69 Å². The Kier molecular flexibility index (Phi) is 8.50. The Morgan fingerprint density at radius 3 is 2.23 bits per heavy atom. The number of carboxylic acids is 1. The summed E-state index contributed by atoms with van der Waals surface area (Å²) in [4.78, 5) is 24.2. The van der Waals surface area contributed by atoms with E-state index in [9.17, 15) is 9.59 Å². The first-order chi connectivity index (χ1) is 16.8. The van der Waals surface area contributed by atoms with Crippen LogP contribution in [0, 0.1) is 0 Å². The lowest BCUT2D eigenvalue weighted by Gasteiger charge is -2.16. The number of carbonyl (C=O) groups excluding carboxylic acids is 1. The maximum Gasteiger partial charge on any atom is 0.303 e. The van der Waals surface area contributed by atoms with Gasteiger partial charge in [0.05, 0.1) is 45.0 Å². The molecular weight excluding hydrogens is 474 g/mol. The van der Waals surface area contributed by atoms with E-state index >= 15 is 0 Å². The van der Waals surface area contributed by atoms with Gasteiger partial charge in [0.1, 0.15) is 5.75 Å². The summed E-state index contributed by atoms with van der Waals surface area (Å²) < 4.78 is 26.1. The summed E-state index contributed by atoms with van der Waals surface area (Å²) in [5.41, 5.74) is 8.67. The summed E-state index contributed by atoms with van der Waals surface area (Å²) in [7, 11) is 6.13. The van der Waals surface area contributed by atoms with Crippen LogP contribution >= 0.6 is 11.5 Å². The van der Waals surface area contributed by atoms with Crippen LogP contribution in [0.2, 0.25) is 0 Å². The summed E-state index contributed by atoms with van der Waals surface area (Å²) >= 11 is 1.30. The topological polar surface area (TPSA) is 142 Å². The molecule has 1 aromatic heterocycles. The third-order valence-electron chi connectivity index (χ3n) is 5.27. The van der Waals surface area contributed by atoms with Gasteiger partial charge in [0.15, 0.2) is 11.5 Å². The van der Waals surface area contributed by atoms with Crippen molar-refractivity contribution in [3.63, 3.8) is 0 Å². The first-order valence-electron chi connectivity index (χ1n) is 10.5. The van der Waals surface area contributed by atoms with Crippen molar-refractivity contribution in [1.29, 1.82) is 0 Å². The summed E-state index contributed by atoms with van der Waals surface area (Å²) in [6.07, 6.45) is 1.54. The molecule has 11 heteroatoms. The summed E-state index contributed by atoms with van der Waals surface area (Å²) in [5, 5.41) is 11.6. The van der Waals surface area contributed by atoms with Gasteiger partial charge in [0.25, 0.3) is 0 Å². The molecule has 1 heterocycles. The van der Waals surface area contributed by atoms with Crippen LogP contribution in [-0.2, 0) is 9.59 Å². The SMILES string of the molecule is COc1ccc(-c2cnsc2-c2cc(OC)c(OC)c(OC)c2)cc1NC(=O)[C@@H](N)CCC(=O)O. The number of rotatable bonds is 11. The molecule has 186 valence electrons. The van der Waals surface area contributed by atoms with E-state index in [-0.39, 0.29) is 12.8 Å². The maximum absolute atomic E-state index is 12.5. The molecule has 0 aliphatic heterocycles. The van der Waals surface area contributed by atoms with Gasteiger partial charge in [-0.15, -0.1) is 0 Å². The van der Waals surface area contributed by atoms with Crippen molar-refractivity contribution in [3.8, 4) is 44.6 Å². The third kappa shape index (κ3) is 5.81. The predicted octanol–water partition coefficient (Wildman–Crippen LogP) is 3.64. The number of hydrogen-bond donors (Lipinski definition) is 3. The second-order valence-corrected chi connectivity index (χ2v) is 8.23. The predicted molar refractivity (Wildman–Crippen MR) is 133 cm³/mol. The minimum atomic E-state index is -1.02. The third-order valence-corrected chi connectivity index (χ3v) is 6.12. The fraction of sp³-hybridized carbons (Fsp3) is 0.292. The molecule has 0 bridgehead atoms. The van der Waals surface area contributed by atoms with Gasteiger partial charge in [0, 0.05) is 23.7 Å². The number of nitrogens with one attached hydrogen (secondary N) is 1. The number of aromatic nitrogens is 1. The van der Waals surface area contributed by atoms with Crippen molar-refractivity contribution in [2.75, 3.05) is 33.8 Å². The standard InChI is InChI=1S/C24H27N3O7S/c1-31-18-7-5-13(9-17(18)27-24(30)16(25)6-8-21(28)29)15-12-26-35-23(15)14-10-19(32-2)22(34-4)20(11-14)33-3/h5,7,9-12,16H,6,8,25H2,1-4H3,(H,27,30)(H,28,29)/t16-/m0/s1. The smallest absolute Gasteiger partial charge is 0.303 e. The van der Waals surface area contributed by atoms with E-state index in [1.54, 1.807) is 39.7 Å². The lowest BCUT2D eigenvalue weighted by atomic mass is 10.0. The summed E-state index contributed by atoms with van der Waals surface area (Å²) in [5.74, 6) is 0.425. The normalized spacial score (nSPS) is 11.5. The zero-order valence-electron chi connectivity index (χ0n) is 19.8. The molecule has 10 nitrogen and oxygen atoms in total. The van der Waals surface area contributed by atoms with Gasteiger partial charge in [-0.3, -0.25) is 9.59 Å². The highest BCUT2D eigenvalue weighted by Crippen LogP contribution is 2.45. The Morgan fingerprint density at radius 2 is 1.66 bits per heavy atom. The zero-order chi connectivity index (χ0) is 25.5. The van der Waals surface area contributed by atoms with Crippen LogP contribution in [-0.4, -0.2) is 55.8 Å². The molecule has 3 aromatic rings. The Bertz CT molecular complexity index is 1190. The van der Waals surface area contributed by atoms with Crippen LogP contribution in [0.3, 0.4) is 0 Å². The zero-order valence-corrected chi connectivity index (χ0v) is 20.6. The summed E-state index contributed by atoms with van der Waals surface area (Å²) in [6, 6.07) is 8.04. The molecule has 1 amide bonds. The number of benzene rings is 2. The molecule has 0 saturated carbocycles. The van der Waals surface area contributed by atoms with Gasteiger partial charge in [-0.25, -0.2) is 0 Å². The highest BCUT2D eigenvalue weighted by molar-refractivity contribution is 7.10. The Hall–Kier alpha value is -3.83. The van der Waals surface area contributed by atoms with Crippen LogP contribution in [0.15, 0.2) is 36.5 Å². The molecule has 0 fully saturated rings. The number of amides is 1. The summed E-state index contributed by atoms with van der Waals surface area (Å²) in [6.45, 7) is 0. The van der Waals surface area contributed by atoms with Gasteiger partial charge in [0.2, 0.25) is 11.7 Å². The van der Waals surface area contributed by atoms with E-state index in [1.807, 2.05) is 18.2 Å². The number of hydrogen-bond acceptors (Lipinski definition) is 9. The van der Waals surface area contributed by atoms with Crippen molar-refractivity contribution in [2.45, 2.75) is 18.9 Å². The molecule has 3 rings (SSSR count). The van der Waals surface area contributed by atoms with Crippen LogP contribution < -0.4 is 30.0 Å². The molecule has 35 heavy (non-hydrogen) atoms. The minimum Gasteiger partial charge on any atom is -0.495 e. The van der Waals surface area contributed by atoms with Crippen LogP contribution in [0.5, 0.6) is 23.0 Å². The quantitative estimate of drug-likeness (QED) is 0.359. The van der Waals surface area contributed by atoms with Crippen molar-refractivity contribution < 1.29 is 33.6 Å². The number of methoxy groups -OCH3 is 4. The number of carbonyl (C=O) groups is 2. The number of nitrogens with two attached hydrogens (primary N) is 1. The molecule has 0 aliphatic carbocycles. The highest BCUT2D eigenvalue weighted by atomic mass is 32.1. The van der Waals surface area contributed by atoms with Crippen molar-refractivity contribution in [3.05, 3.63) is 36.5 Å². The minimum absolute atomic E-state index is 0.0168. The molecule has 1 atom stereocenters. The molecular formula is C24H27N3O7S. The molecule has 0 unspecified atom stereocenters. The van der Waals surface area contributed by atoms with Gasteiger partial charge >= 0.3 is 5.97 Å². The Morgan fingerprint density at radius 1 is 1.00 bits per heavy atom. The number of anilines is 1. The van der Waals surface area contributed by atoms with E-state index in [0.29, 0.717) is 28.7 Å². The average molecular weight is 502 g/mol. The highest BCUT2D eigenvalue weighted by Gasteiger charge is 2.20. The van der Waals surface area contributed by atoms with Gasteiger partial charge in [-0.05, 0) is 47.8 Å². The van der Waals surface area contributed by atoms with Crippen LogP contribution in [0.4, 0.5) is 5.69 Å². The monoisotopic (exact) mass is 501 g/mol. The number of nitrogens with zero attached hydrogens (tertiary/aromatic N) is 1. The fourth-order valence-electron chi connectivity index (χ4n) is 3.47. The molecule has 0 spiro atoms. The largest absolute Gasteiger partial charge is 0.495 e. The number of carboxylic acid groups (broad SMARTS) is 1. The van der Waals surface area contributed by atoms with Gasteiger partial charge in [-0.1, -0.05) is 6.07 Å². The lowest BCUT2D eigenvalue weighted by molar-refractivity contribution is -0.137. The number of ether oxygens (including phenoxy) is 4. The van der Waals surface area contributed by atoms with Crippen LogP contribution in [0.25, 0.3) is 21.6 Å². The van der Waals surface area contributed by atoms with Gasteiger partial charge < -0.3 is 35.1 Å². The lowest BCUT2D eigenvalue weighted by Crippen LogP contribution is -2.36. The molecule has 0 radical (unpaired) electrons. The number of aliphatic carboxylic acids is 1. The van der Waals surface area contributed by atoms with Crippen LogP contribution in [0.1, 0.15) is 12.8 Å². The maximum atomic E-state index is 12.5. The van der Waals surface area contributed by atoms with E-state index < -0.39 is 17.9 Å². The van der Waals surface area contributed by atoms with Crippen molar-refractivity contribution in [1.82, 2.24) is 4.37 Å². The van der Waals surface area contributed by atoms with E-state index in [0.717, 1.165) is 21.6 Å². The van der Waals surface area contributed by atoms with E-state index in [1.165, 1.54) is 18.6 Å². The molecule has 0 aliphatic rings. The Labute approximate surface area is 206 Å². The molecule has 0 saturated heterocycles. The average Bonchev–Trinajstić information content (AvgIpc) is 3.36. The molecule has 4 N–H and O–H groups in total. The second-order valence-electron chi connectivity index (χ2n) is 7.43.